The number of benzene rings is 3. The van der Waals surface area contributed by atoms with Gasteiger partial charge in [0, 0.05) is 17.5 Å². The molecule has 0 fully saturated rings. The first-order valence-corrected chi connectivity index (χ1v) is 9.19. The molecular formula is C24H24BrNO. The van der Waals surface area contributed by atoms with E-state index in [2.05, 4.69) is 83.4 Å². The van der Waals surface area contributed by atoms with Crippen molar-refractivity contribution < 1.29 is 26.3 Å². The van der Waals surface area contributed by atoms with Crippen LogP contribution in [0.3, 0.4) is 0 Å². The molecule has 3 heteroatoms. The molecule has 0 bridgehead atoms. The second kappa shape index (κ2) is 9.01. The molecule has 0 amide bonds. The highest BCUT2D eigenvalue weighted by Crippen LogP contribution is 2.24. The Hall–Kier alpha value is -2.39. The first-order chi connectivity index (χ1) is 12.8. The summed E-state index contributed by atoms with van der Waals surface area (Å²) in [5, 5.41) is 0. The van der Waals surface area contributed by atoms with E-state index in [-0.39, 0.29) is 17.0 Å². The van der Waals surface area contributed by atoms with Crippen molar-refractivity contribution in [2.45, 2.75) is 19.4 Å². The SMILES string of the molecule is COc1ccc2c(c1)CC[N+](Cc1ccccc1)=C2Cc1ccccc1.[Br-]. The fraction of sp³-hybridized carbons (Fsp3) is 0.208. The van der Waals surface area contributed by atoms with Crippen LogP contribution in [0.15, 0.2) is 78.9 Å². The summed E-state index contributed by atoms with van der Waals surface area (Å²) in [6.07, 6.45) is 2.00. The van der Waals surface area contributed by atoms with E-state index in [1.165, 1.54) is 28.0 Å². The molecule has 1 heterocycles. The van der Waals surface area contributed by atoms with Gasteiger partial charge in [-0.15, -0.1) is 0 Å². The lowest BCUT2D eigenvalue weighted by atomic mass is 9.92. The predicted octanol–water partition coefficient (Wildman–Crippen LogP) is 1.50. The first-order valence-electron chi connectivity index (χ1n) is 9.19. The minimum atomic E-state index is 0. The summed E-state index contributed by atoms with van der Waals surface area (Å²) in [4.78, 5) is 0. The average Bonchev–Trinajstić information content (AvgIpc) is 2.71. The number of nitrogens with zero attached hydrogens (tertiary/aromatic N) is 1. The zero-order valence-corrected chi connectivity index (χ0v) is 17.2. The molecule has 0 saturated carbocycles. The zero-order valence-electron chi connectivity index (χ0n) is 15.6. The van der Waals surface area contributed by atoms with Crippen molar-refractivity contribution >= 4 is 5.71 Å². The van der Waals surface area contributed by atoms with Crippen molar-refractivity contribution in [1.82, 2.24) is 0 Å². The van der Waals surface area contributed by atoms with Crippen LogP contribution in [0.4, 0.5) is 0 Å². The Morgan fingerprint density at radius 1 is 0.852 bits per heavy atom. The van der Waals surface area contributed by atoms with Gasteiger partial charge in [-0.1, -0.05) is 60.7 Å². The molecule has 4 rings (SSSR count). The summed E-state index contributed by atoms with van der Waals surface area (Å²) >= 11 is 0. The average molecular weight is 422 g/mol. The highest BCUT2D eigenvalue weighted by atomic mass is 79.9. The van der Waals surface area contributed by atoms with E-state index >= 15 is 0 Å². The van der Waals surface area contributed by atoms with E-state index < -0.39 is 0 Å². The van der Waals surface area contributed by atoms with Crippen LogP contribution in [0, 0.1) is 0 Å². The van der Waals surface area contributed by atoms with Gasteiger partial charge in [0.15, 0.2) is 12.3 Å². The molecule has 0 atom stereocenters. The molecule has 2 nitrogen and oxygen atoms in total. The molecule has 0 aromatic heterocycles. The second-order valence-corrected chi connectivity index (χ2v) is 6.79. The van der Waals surface area contributed by atoms with Crippen molar-refractivity contribution in [2.24, 2.45) is 0 Å². The third-order valence-corrected chi connectivity index (χ3v) is 5.09. The predicted molar refractivity (Wildman–Crippen MR) is 106 cm³/mol. The van der Waals surface area contributed by atoms with E-state index in [9.17, 15) is 0 Å². The number of fused-ring (bicyclic) bond motifs is 1. The molecular weight excluding hydrogens is 398 g/mol. The highest BCUT2D eigenvalue weighted by Gasteiger charge is 2.26. The van der Waals surface area contributed by atoms with Gasteiger partial charge < -0.3 is 21.7 Å². The fourth-order valence-corrected chi connectivity index (χ4v) is 3.72. The second-order valence-electron chi connectivity index (χ2n) is 6.79. The van der Waals surface area contributed by atoms with Gasteiger partial charge in [-0.05, 0) is 29.3 Å². The Kier molecular flexibility index (Phi) is 6.46. The van der Waals surface area contributed by atoms with Crippen LogP contribution in [0.25, 0.3) is 0 Å². The van der Waals surface area contributed by atoms with Crippen LogP contribution in [0.5, 0.6) is 5.75 Å². The van der Waals surface area contributed by atoms with Crippen molar-refractivity contribution in [3.05, 3.63) is 101 Å². The Labute approximate surface area is 171 Å². The topological polar surface area (TPSA) is 12.2 Å². The quantitative estimate of drug-likeness (QED) is 0.568. The van der Waals surface area contributed by atoms with Crippen LogP contribution in [0.2, 0.25) is 0 Å². The number of halogens is 1. The maximum absolute atomic E-state index is 5.43. The molecule has 3 aromatic rings. The number of ether oxygens (including phenoxy) is 1. The molecule has 0 N–H and O–H groups in total. The lowest BCUT2D eigenvalue weighted by molar-refractivity contribution is -0.545. The fourth-order valence-electron chi connectivity index (χ4n) is 3.72. The van der Waals surface area contributed by atoms with Crippen LogP contribution in [-0.2, 0) is 19.4 Å². The number of hydrogen-bond acceptors (Lipinski definition) is 1. The summed E-state index contributed by atoms with van der Waals surface area (Å²) in [5.74, 6) is 0.944. The van der Waals surface area contributed by atoms with Gasteiger partial charge in [0.1, 0.15) is 12.3 Å². The number of methoxy groups -OCH3 is 1. The standard InChI is InChI=1S/C24H24NO.BrH/c1-26-22-12-13-23-21(17-22)14-15-25(18-20-10-6-3-7-11-20)24(23)16-19-8-4-2-5-9-19;/h2-13,17H,14-16,18H2,1H3;1H/q+1;/p-1. The Balaban J connectivity index is 0.00000210. The zero-order chi connectivity index (χ0) is 17.8. The summed E-state index contributed by atoms with van der Waals surface area (Å²) in [5.41, 5.74) is 6.86. The van der Waals surface area contributed by atoms with E-state index in [0.717, 1.165) is 31.7 Å². The Bertz CT molecular complexity index is 920. The van der Waals surface area contributed by atoms with Gasteiger partial charge in [0.25, 0.3) is 0 Å². The minimum Gasteiger partial charge on any atom is -1.00 e. The largest absolute Gasteiger partial charge is 1.00 e. The molecule has 1 aliphatic heterocycles. The smallest absolute Gasteiger partial charge is 0.188 e. The highest BCUT2D eigenvalue weighted by molar-refractivity contribution is 6.00. The van der Waals surface area contributed by atoms with Gasteiger partial charge in [-0.25, -0.2) is 4.58 Å². The molecule has 0 unspecified atom stereocenters. The third-order valence-electron chi connectivity index (χ3n) is 5.09. The van der Waals surface area contributed by atoms with Gasteiger partial charge in [-0.3, -0.25) is 0 Å². The van der Waals surface area contributed by atoms with Crippen LogP contribution in [0.1, 0.15) is 22.3 Å². The molecule has 0 spiro atoms. The van der Waals surface area contributed by atoms with E-state index in [1.54, 1.807) is 7.11 Å². The molecule has 27 heavy (non-hydrogen) atoms. The molecule has 0 radical (unpaired) electrons. The first kappa shape index (κ1) is 19.4. The summed E-state index contributed by atoms with van der Waals surface area (Å²) in [7, 11) is 1.74. The summed E-state index contributed by atoms with van der Waals surface area (Å²) < 4.78 is 7.97. The Morgan fingerprint density at radius 2 is 1.52 bits per heavy atom. The lowest BCUT2D eigenvalue weighted by Gasteiger charge is -2.20. The van der Waals surface area contributed by atoms with Crippen LogP contribution in [-0.4, -0.2) is 23.9 Å². The van der Waals surface area contributed by atoms with Crippen molar-refractivity contribution in [1.29, 1.82) is 0 Å². The molecule has 0 saturated heterocycles. The normalized spacial score (nSPS) is 12.9. The van der Waals surface area contributed by atoms with E-state index in [4.69, 9.17) is 4.74 Å². The summed E-state index contributed by atoms with van der Waals surface area (Å²) in [6, 6.07) is 28.0. The molecule has 3 aromatic carbocycles. The maximum atomic E-state index is 5.43. The number of rotatable bonds is 5. The minimum absolute atomic E-state index is 0. The van der Waals surface area contributed by atoms with Gasteiger partial charge in [0.05, 0.1) is 13.5 Å². The number of hydrogen-bond donors (Lipinski definition) is 0. The van der Waals surface area contributed by atoms with Crippen molar-refractivity contribution in [3.8, 4) is 5.75 Å². The maximum Gasteiger partial charge on any atom is 0.188 e. The summed E-state index contributed by atoms with van der Waals surface area (Å²) in [6.45, 7) is 1.99. The Morgan fingerprint density at radius 3 is 2.19 bits per heavy atom. The molecule has 0 aliphatic carbocycles. The van der Waals surface area contributed by atoms with Gasteiger partial charge >= 0.3 is 0 Å². The molecule has 1 aliphatic rings. The van der Waals surface area contributed by atoms with E-state index in [0.29, 0.717) is 0 Å². The van der Waals surface area contributed by atoms with Gasteiger partial charge in [0.2, 0.25) is 0 Å². The van der Waals surface area contributed by atoms with Crippen molar-refractivity contribution in [3.63, 3.8) is 0 Å². The van der Waals surface area contributed by atoms with Crippen LogP contribution >= 0.6 is 0 Å². The van der Waals surface area contributed by atoms with Gasteiger partial charge in [-0.2, -0.15) is 0 Å². The third kappa shape index (κ3) is 4.48. The van der Waals surface area contributed by atoms with Crippen LogP contribution < -0.4 is 21.7 Å². The molecule has 138 valence electrons. The lowest BCUT2D eigenvalue weighted by Crippen LogP contribution is -3.00. The monoisotopic (exact) mass is 421 g/mol. The van der Waals surface area contributed by atoms with E-state index in [1.807, 2.05) is 0 Å². The van der Waals surface area contributed by atoms with Crippen molar-refractivity contribution in [2.75, 3.05) is 13.7 Å².